The molecule has 0 bridgehead atoms. The van der Waals surface area contributed by atoms with Crippen molar-refractivity contribution in [3.8, 4) is 0 Å². The maximum Gasteiger partial charge on any atom is 0.244 e. The van der Waals surface area contributed by atoms with Crippen LogP contribution in [0.5, 0.6) is 0 Å². The molecule has 0 radical (unpaired) electrons. The molecule has 2 heterocycles. The van der Waals surface area contributed by atoms with Gasteiger partial charge in [0.15, 0.2) is 0 Å². The molecule has 1 aromatic carbocycles. The molecule has 0 spiro atoms. The Hall–Kier alpha value is -1.43. The number of ether oxygens (including phenoxy) is 1. The van der Waals surface area contributed by atoms with E-state index in [1.165, 1.54) is 5.56 Å². The second-order valence-electron chi connectivity index (χ2n) is 6.79. The second kappa shape index (κ2) is 6.99. The fraction of sp³-hybridized carbons (Fsp3) is 0.611. The molecule has 2 atom stereocenters. The molecule has 2 unspecified atom stereocenters. The summed E-state index contributed by atoms with van der Waals surface area (Å²) >= 11 is 0. The van der Waals surface area contributed by atoms with Gasteiger partial charge in [0.1, 0.15) is 0 Å². The van der Waals surface area contributed by atoms with Crippen molar-refractivity contribution in [2.24, 2.45) is 0 Å². The number of hydrogen-bond acceptors (Lipinski definition) is 4. The van der Waals surface area contributed by atoms with Crippen LogP contribution in [0.2, 0.25) is 0 Å². The minimum Gasteiger partial charge on any atom is -0.374 e. The third-order valence-electron chi connectivity index (χ3n) is 4.80. The number of amides is 1. The molecule has 5 heteroatoms. The van der Waals surface area contributed by atoms with Gasteiger partial charge in [0.05, 0.1) is 18.8 Å². The molecule has 2 aliphatic rings. The molecule has 5 nitrogen and oxygen atoms in total. The van der Waals surface area contributed by atoms with E-state index in [1.54, 1.807) is 0 Å². The number of carbonyl (C=O) groups excluding carboxylic acids is 1. The van der Waals surface area contributed by atoms with Gasteiger partial charge in [-0.05, 0) is 39.1 Å². The molecule has 1 aromatic rings. The van der Waals surface area contributed by atoms with Gasteiger partial charge in [0.2, 0.25) is 5.91 Å². The minimum atomic E-state index is -0.102. The molecular weight excluding hydrogens is 290 g/mol. The van der Waals surface area contributed by atoms with Gasteiger partial charge in [-0.1, -0.05) is 18.2 Å². The van der Waals surface area contributed by atoms with E-state index in [-0.39, 0.29) is 18.1 Å². The van der Waals surface area contributed by atoms with E-state index in [0.29, 0.717) is 6.61 Å². The minimum absolute atomic E-state index is 0.102. The summed E-state index contributed by atoms with van der Waals surface area (Å²) in [5.74, 6) is 0.209. The Morgan fingerprint density at radius 3 is 2.91 bits per heavy atom. The summed E-state index contributed by atoms with van der Waals surface area (Å²) in [5.41, 5.74) is 2.36. The van der Waals surface area contributed by atoms with E-state index in [1.807, 2.05) is 24.0 Å². The van der Waals surface area contributed by atoms with Crippen LogP contribution in [0.15, 0.2) is 24.3 Å². The van der Waals surface area contributed by atoms with Crippen molar-refractivity contribution in [3.05, 3.63) is 29.8 Å². The highest BCUT2D eigenvalue weighted by Gasteiger charge is 2.33. The van der Waals surface area contributed by atoms with E-state index in [4.69, 9.17) is 4.74 Å². The van der Waals surface area contributed by atoms with Crippen molar-refractivity contribution >= 4 is 11.6 Å². The molecule has 0 N–H and O–H groups in total. The number of para-hydroxylation sites is 1. The van der Waals surface area contributed by atoms with Crippen LogP contribution < -0.4 is 4.90 Å². The summed E-state index contributed by atoms with van der Waals surface area (Å²) in [7, 11) is 4.11. The van der Waals surface area contributed by atoms with Crippen LogP contribution in [0.3, 0.4) is 0 Å². The van der Waals surface area contributed by atoms with Gasteiger partial charge < -0.3 is 14.5 Å². The van der Waals surface area contributed by atoms with Crippen LogP contribution in [0.25, 0.3) is 0 Å². The normalized spacial score (nSPS) is 23.1. The maximum absolute atomic E-state index is 13.0. The van der Waals surface area contributed by atoms with E-state index in [0.717, 1.165) is 38.3 Å². The molecule has 0 aromatic heterocycles. The molecule has 23 heavy (non-hydrogen) atoms. The van der Waals surface area contributed by atoms with Crippen molar-refractivity contribution in [2.45, 2.75) is 25.5 Å². The Balaban J connectivity index is 1.66. The quantitative estimate of drug-likeness (QED) is 0.837. The lowest BCUT2D eigenvalue weighted by Crippen LogP contribution is -2.54. The highest BCUT2D eigenvalue weighted by Crippen LogP contribution is 2.28. The Bertz CT molecular complexity index is 561. The first-order chi connectivity index (χ1) is 11.1. The molecular formula is C18H27N3O2. The van der Waals surface area contributed by atoms with Crippen LogP contribution in [0.1, 0.15) is 12.5 Å². The van der Waals surface area contributed by atoms with E-state index in [2.05, 4.69) is 36.0 Å². The molecule has 2 aliphatic heterocycles. The lowest BCUT2D eigenvalue weighted by atomic mass is 10.1. The largest absolute Gasteiger partial charge is 0.374 e. The Morgan fingerprint density at radius 1 is 1.35 bits per heavy atom. The molecule has 1 amide bonds. The summed E-state index contributed by atoms with van der Waals surface area (Å²) in [4.78, 5) is 19.3. The number of carbonyl (C=O) groups is 1. The zero-order valence-electron chi connectivity index (χ0n) is 14.4. The van der Waals surface area contributed by atoms with Crippen molar-refractivity contribution in [2.75, 3.05) is 51.8 Å². The molecule has 1 saturated heterocycles. The van der Waals surface area contributed by atoms with Crippen molar-refractivity contribution < 1.29 is 9.53 Å². The van der Waals surface area contributed by atoms with Crippen molar-refractivity contribution in [1.82, 2.24) is 9.80 Å². The third-order valence-corrected chi connectivity index (χ3v) is 4.80. The van der Waals surface area contributed by atoms with Gasteiger partial charge in [0, 0.05) is 31.9 Å². The zero-order valence-corrected chi connectivity index (χ0v) is 14.4. The predicted octanol–water partition coefficient (Wildman–Crippen LogP) is 1.23. The maximum atomic E-state index is 13.0. The van der Waals surface area contributed by atoms with Gasteiger partial charge >= 0.3 is 0 Å². The standard InChI is InChI=1S/C18H27N3O2/c1-14(20-10-11-23-16(13-20)12-19(2)3)18(22)21-9-8-15-6-4-5-7-17(15)21/h4-7,14,16H,8-13H2,1-3H3. The molecule has 0 saturated carbocycles. The summed E-state index contributed by atoms with van der Waals surface area (Å²) in [6, 6.07) is 8.13. The van der Waals surface area contributed by atoms with Gasteiger partial charge in [-0.3, -0.25) is 9.69 Å². The molecule has 126 valence electrons. The Morgan fingerprint density at radius 2 is 2.13 bits per heavy atom. The number of likely N-dealkylation sites (N-methyl/N-ethyl adjacent to an activating group) is 1. The van der Waals surface area contributed by atoms with Crippen LogP contribution in [0.4, 0.5) is 5.69 Å². The average Bonchev–Trinajstić information content (AvgIpc) is 2.97. The van der Waals surface area contributed by atoms with Crippen LogP contribution in [-0.4, -0.2) is 74.7 Å². The zero-order chi connectivity index (χ0) is 16.4. The van der Waals surface area contributed by atoms with Crippen LogP contribution in [-0.2, 0) is 16.0 Å². The fourth-order valence-electron chi connectivity index (χ4n) is 3.56. The third kappa shape index (κ3) is 3.57. The summed E-state index contributed by atoms with van der Waals surface area (Å²) in [6.07, 6.45) is 1.14. The number of fused-ring (bicyclic) bond motifs is 1. The monoisotopic (exact) mass is 317 g/mol. The van der Waals surface area contributed by atoms with Gasteiger partial charge in [-0.25, -0.2) is 0 Å². The van der Waals surface area contributed by atoms with Crippen molar-refractivity contribution in [1.29, 1.82) is 0 Å². The van der Waals surface area contributed by atoms with E-state index >= 15 is 0 Å². The number of rotatable bonds is 4. The predicted molar refractivity (Wildman–Crippen MR) is 91.8 cm³/mol. The fourth-order valence-corrected chi connectivity index (χ4v) is 3.56. The highest BCUT2D eigenvalue weighted by molar-refractivity contribution is 5.98. The first-order valence-electron chi connectivity index (χ1n) is 8.46. The second-order valence-corrected chi connectivity index (χ2v) is 6.79. The average molecular weight is 317 g/mol. The Kier molecular flexibility index (Phi) is 4.99. The van der Waals surface area contributed by atoms with Crippen molar-refractivity contribution in [3.63, 3.8) is 0 Å². The summed E-state index contributed by atoms with van der Waals surface area (Å²) in [5, 5.41) is 0. The highest BCUT2D eigenvalue weighted by atomic mass is 16.5. The molecule has 1 fully saturated rings. The number of hydrogen-bond donors (Lipinski definition) is 0. The Labute approximate surface area is 138 Å². The van der Waals surface area contributed by atoms with Gasteiger partial charge in [-0.2, -0.15) is 0 Å². The first kappa shape index (κ1) is 16.4. The first-order valence-corrected chi connectivity index (χ1v) is 8.46. The molecule has 3 rings (SSSR count). The number of nitrogens with zero attached hydrogens (tertiary/aromatic N) is 3. The van der Waals surface area contributed by atoms with E-state index in [9.17, 15) is 4.79 Å². The smallest absolute Gasteiger partial charge is 0.244 e. The SMILES string of the molecule is CC(C(=O)N1CCc2ccccc21)N1CCOC(CN(C)C)C1. The topological polar surface area (TPSA) is 36.0 Å². The number of benzene rings is 1. The van der Waals surface area contributed by atoms with E-state index < -0.39 is 0 Å². The van der Waals surface area contributed by atoms with Gasteiger partial charge in [0.25, 0.3) is 0 Å². The lowest BCUT2D eigenvalue weighted by molar-refractivity contribution is -0.126. The van der Waals surface area contributed by atoms with Crippen LogP contribution in [0, 0.1) is 0 Å². The summed E-state index contributed by atoms with van der Waals surface area (Å²) < 4.78 is 5.82. The summed E-state index contributed by atoms with van der Waals surface area (Å²) in [6.45, 7) is 6.07. The van der Waals surface area contributed by atoms with Crippen LogP contribution >= 0.6 is 0 Å². The number of morpholine rings is 1. The van der Waals surface area contributed by atoms with Gasteiger partial charge in [-0.15, -0.1) is 0 Å². The number of anilines is 1. The molecule has 0 aliphatic carbocycles. The lowest BCUT2D eigenvalue weighted by Gasteiger charge is -2.38.